The molecular weight excluding hydrogens is 277 g/mol. The molecule has 0 aromatic heterocycles. The molecule has 112 valence electrons. The highest BCUT2D eigenvalue weighted by Gasteiger charge is 2.40. The summed E-state index contributed by atoms with van der Waals surface area (Å²) < 4.78 is 16.5. The average Bonchev–Trinajstić information content (AvgIpc) is 2.30. The quantitative estimate of drug-likeness (QED) is 0.339. The van der Waals surface area contributed by atoms with Crippen molar-refractivity contribution in [3.05, 3.63) is 0 Å². The average molecular weight is 297 g/mol. The summed E-state index contributed by atoms with van der Waals surface area (Å²) in [6, 6.07) is -1.53. The Morgan fingerprint density at radius 2 is 1.84 bits per heavy atom. The maximum Gasteiger partial charge on any atom is 0.342 e. The zero-order valence-electron chi connectivity index (χ0n) is 10.7. The van der Waals surface area contributed by atoms with Crippen LogP contribution in [0.1, 0.15) is 32.6 Å². The van der Waals surface area contributed by atoms with Crippen LogP contribution in [0.25, 0.3) is 0 Å². The minimum atomic E-state index is -4.44. The Kier molecular flexibility index (Phi) is 7.85. The molecule has 0 aliphatic rings. The molecule has 8 nitrogen and oxygen atoms in total. The Bertz CT molecular complexity index is 360. The van der Waals surface area contributed by atoms with Crippen LogP contribution in [0.2, 0.25) is 0 Å². The number of rotatable bonds is 10. The van der Waals surface area contributed by atoms with Gasteiger partial charge in [-0.15, -0.1) is 0 Å². The Morgan fingerprint density at radius 3 is 2.26 bits per heavy atom. The van der Waals surface area contributed by atoms with E-state index in [1.54, 1.807) is 0 Å². The first-order valence-electron chi connectivity index (χ1n) is 5.90. The predicted octanol–water partition coefficient (Wildman–Crippen LogP) is 0.634. The van der Waals surface area contributed by atoms with Crippen LogP contribution in [0, 0.1) is 0 Å². The topological polar surface area (TPSA) is 147 Å². The molecule has 3 unspecified atom stereocenters. The van der Waals surface area contributed by atoms with E-state index in [1.807, 2.05) is 6.92 Å². The maximum absolute atomic E-state index is 11.8. The minimum Gasteiger partial charge on any atom is -0.481 e. The van der Waals surface area contributed by atoms with E-state index in [2.05, 4.69) is 0 Å². The molecule has 0 saturated carbocycles. The van der Waals surface area contributed by atoms with Gasteiger partial charge in [-0.05, 0) is 12.8 Å². The highest BCUT2D eigenvalue weighted by molar-refractivity contribution is 7.54. The summed E-state index contributed by atoms with van der Waals surface area (Å²) in [5, 5.41) is 17.5. The van der Waals surface area contributed by atoms with Crippen LogP contribution in [0.3, 0.4) is 0 Å². The van der Waals surface area contributed by atoms with Gasteiger partial charge in [0.15, 0.2) is 5.66 Å². The molecule has 0 spiro atoms. The van der Waals surface area contributed by atoms with Gasteiger partial charge >= 0.3 is 19.5 Å². The van der Waals surface area contributed by atoms with Crippen molar-refractivity contribution in [2.45, 2.75) is 44.3 Å². The molecular formula is C10H20NO7P. The lowest BCUT2D eigenvalue weighted by Crippen LogP contribution is -2.37. The first kappa shape index (κ1) is 18.0. The van der Waals surface area contributed by atoms with Crippen molar-refractivity contribution in [2.75, 3.05) is 6.61 Å². The molecule has 0 bridgehead atoms. The van der Waals surface area contributed by atoms with Crippen molar-refractivity contribution in [1.82, 2.24) is 0 Å². The third kappa shape index (κ3) is 6.68. The van der Waals surface area contributed by atoms with Crippen LogP contribution in [0.4, 0.5) is 0 Å². The first-order chi connectivity index (χ1) is 8.72. The normalized spacial score (nSPS) is 17.4. The van der Waals surface area contributed by atoms with Crippen LogP contribution >= 0.6 is 7.60 Å². The summed E-state index contributed by atoms with van der Waals surface area (Å²) in [5.74, 6) is -3.03. The lowest BCUT2D eigenvalue weighted by molar-refractivity contribution is -0.139. The molecule has 0 aromatic carbocycles. The van der Waals surface area contributed by atoms with Crippen molar-refractivity contribution in [3.8, 4) is 0 Å². The van der Waals surface area contributed by atoms with Gasteiger partial charge in [0.1, 0.15) is 6.04 Å². The number of nitrogens with two attached hydrogens (primary N) is 1. The first-order valence-corrected chi connectivity index (χ1v) is 7.55. The fraction of sp³-hybridized carbons (Fsp3) is 0.800. The van der Waals surface area contributed by atoms with Crippen LogP contribution in [0.15, 0.2) is 0 Å². The van der Waals surface area contributed by atoms with Crippen LogP contribution in [-0.4, -0.2) is 45.4 Å². The summed E-state index contributed by atoms with van der Waals surface area (Å²) in [4.78, 5) is 31.1. The highest BCUT2D eigenvalue weighted by Crippen LogP contribution is 2.49. The molecule has 0 heterocycles. The summed E-state index contributed by atoms with van der Waals surface area (Å²) in [6.07, 6.45) is 1.53. The zero-order chi connectivity index (χ0) is 15.1. The molecule has 0 saturated heterocycles. The molecule has 5 N–H and O–H groups in total. The smallest absolute Gasteiger partial charge is 0.342 e. The molecule has 19 heavy (non-hydrogen) atoms. The molecule has 0 aliphatic heterocycles. The second-order valence-corrected chi connectivity index (χ2v) is 6.15. The number of aliphatic carboxylic acids is 2. The van der Waals surface area contributed by atoms with E-state index < -0.39 is 37.7 Å². The summed E-state index contributed by atoms with van der Waals surface area (Å²) >= 11 is 0. The summed E-state index contributed by atoms with van der Waals surface area (Å²) in [7, 11) is -4.44. The largest absolute Gasteiger partial charge is 0.481 e. The van der Waals surface area contributed by atoms with Gasteiger partial charge in [0.25, 0.3) is 0 Å². The Labute approximate surface area is 111 Å². The van der Waals surface area contributed by atoms with Gasteiger partial charge in [-0.1, -0.05) is 19.8 Å². The molecule has 0 aromatic rings. The zero-order valence-corrected chi connectivity index (χ0v) is 11.6. The molecule has 0 aliphatic carbocycles. The van der Waals surface area contributed by atoms with E-state index in [0.29, 0.717) is 6.42 Å². The standard InChI is InChI=1S/C10H20NO7P/c1-2-3-4-5-18-19(16,17)8(10(14)15)6-7(11)9(12)13/h7-8H,2-6,11H2,1H3,(H,12,13)(H,14,15)(H,16,17). The minimum absolute atomic E-state index is 0.0479. The lowest BCUT2D eigenvalue weighted by atomic mass is 10.2. The molecule has 3 atom stereocenters. The van der Waals surface area contributed by atoms with Gasteiger partial charge < -0.3 is 25.4 Å². The van der Waals surface area contributed by atoms with Crippen LogP contribution < -0.4 is 5.73 Å². The fourth-order valence-electron chi connectivity index (χ4n) is 1.35. The van der Waals surface area contributed by atoms with Crippen molar-refractivity contribution >= 4 is 19.5 Å². The number of unbranched alkanes of at least 4 members (excludes halogenated alkanes) is 2. The van der Waals surface area contributed by atoms with Crippen molar-refractivity contribution < 1.29 is 33.8 Å². The molecule has 0 radical (unpaired) electrons. The van der Waals surface area contributed by atoms with E-state index in [9.17, 15) is 19.0 Å². The van der Waals surface area contributed by atoms with Gasteiger partial charge in [-0.3, -0.25) is 14.2 Å². The number of carboxylic acid groups (broad SMARTS) is 2. The van der Waals surface area contributed by atoms with E-state index in [4.69, 9.17) is 20.5 Å². The molecule has 0 fully saturated rings. The Morgan fingerprint density at radius 1 is 1.26 bits per heavy atom. The second kappa shape index (κ2) is 8.27. The lowest BCUT2D eigenvalue weighted by Gasteiger charge is -2.20. The van der Waals surface area contributed by atoms with E-state index >= 15 is 0 Å². The van der Waals surface area contributed by atoms with E-state index in [-0.39, 0.29) is 6.61 Å². The van der Waals surface area contributed by atoms with Gasteiger partial charge in [0.05, 0.1) is 6.61 Å². The highest BCUT2D eigenvalue weighted by atomic mass is 31.2. The number of hydrogen-bond acceptors (Lipinski definition) is 5. The van der Waals surface area contributed by atoms with Gasteiger partial charge in [-0.25, -0.2) is 0 Å². The number of carboxylic acids is 2. The van der Waals surface area contributed by atoms with Gasteiger partial charge in [-0.2, -0.15) is 0 Å². The molecule has 0 rings (SSSR count). The van der Waals surface area contributed by atoms with E-state index in [1.165, 1.54) is 0 Å². The molecule has 9 heteroatoms. The van der Waals surface area contributed by atoms with Crippen molar-refractivity contribution in [1.29, 1.82) is 0 Å². The van der Waals surface area contributed by atoms with Crippen LogP contribution in [-0.2, 0) is 18.7 Å². The second-order valence-electron chi connectivity index (χ2n) is 4.14. The SMILES string of the molecule is CCCCCOP(=O)(O)C(CC(N)C(=O)O)C(=O)O. The fourth-order valence-corrected chi connectivity index (χ4v) is 2.70. The number of carbonyl (C=O) groups is 2. The Balaban J connectivity index is 4.62. The third-order valence-corrected chi connectivity index (χ3v) is 4.27. The number of hydrogen-bond donors (Lipinski definition) is 4. The van der Waals surface area contributed by atoms with E-state index in [0.717, 1.165) is 12.8 Å². The predicted molar refractivity (Wildman–Crippen MR) is 67.0 cm³/mol. The summed E-state index contributed by atoms with van der Waals surface area (Å²) in [6.45, 7) is 1.89. The van der Waals surface area contributed by atoms with Crippen molar-refractivity contribution in [2.24, 2.45) is 5.73 Å². The van der Waals surface area contributed by atoms with Gasteiger partial charge in [0.2, 0.25) is 0 Å². The summed E-state index contributed by atoms with van der Waals surface area (Å²) in [5.41, 5.74) is 3.34. The molecule has 0 amide bonds. The van der Waals surface area contributed by atoms with Crippen LogP contribution in [0.5, 0.6) is 0 Å². The third-order valence-electron chi connectivity index (χ3n) is 2.50. The monoisotopic (exact) mass is 297 g/mol. The Hall–Kier alpha value is -0.950. The van der Waals surface area contributed by atoms with Gasteiger partial charge in [0, 0.05) is 0 Å². The maximum atomic E-state index is 11.8. The van der Waals surface area contributed by atoms with Crippen molar-refractivity contribution in [3.63, 3.8) is 0 Å².